The maximum Gasteiger partial charge on any atom is 0.243 e. The average Bonchev–Trinajstić information content (AvgIpc) is 3.38. The predicted octanol–water partition coefficient (Wildman–Crippen LogP) is 4.87. The van der Waals surface area contributed by atoms with Crippen molar-refractivity contribution < 1.29 is 13.2 Å². The summed E-state index contributed by atoms with van der Waals surface area (Å²) in [6.45, 7) is 1.15. The van der Waals surface area contributed by atoms with Crippen LogP contribution < -0.4 is 10.1 Å². The highest BCUT2D eigenvalue weighted by atomic mass is 32.2. The minimum absolute atomic E-state index is 0.300. The maximum absolute atomic E-state index is 13.0. The molecule has 37 heavy (non-hydrogen) atoms. The fraction of sp³-hybridized carbons (Fsp3) is 0.222. The normalized spacial score (nSPS) is 14.7. The second-order valence-electron chi connectivity index (χ2n) is 9.00. The first-order valence-electron chi connectivity index (χ1n) is 12.2. The fourth-order valence-electron chi connectivity index (χ4n) is 4.69. The van der Waals surface area contributed by atoms with Gasteiger partial charge in [-0.2, -0.15) is 8.82 Å². The minimum atomic E-state index is -3.49. The Morgan fingerprint density at radius 2 is 1.54 bits per heavy atom. The lowest BCUT2D eigenvalue weighted by Gasteiger charge is -2.25. The van der Waals surface area contributed by atoms with Crippen molar-refractivity contribution in [2.24, 2.45) is 0 Å². The van der Waals surface area contributed by atoms with Crippen molar-refractivity contribution in [3.63, 3.8) is 0 Å². The lowest BCUT2D eigenvalue weighted by Crippen LogP contribution is -2.35. The van der Waals surface area contributed by atoms with Gasteiger partial charge in [-0.25, -0.2) is 8.42 Å². The van der Waals surface area contributed by atoms with Crippen LogP contribution >= 0.6 is 0 Å². The van der Waals surface area contributed by atoms with Gasteiger partial charge in [-0.05, 0) is 61.4 Å². The second-order valence-corrected chi connectivity index (χ2v) is 10.9. The van der Waals surface area contributed by atoms with Crippen LogP contribution in [0.2, 0.25) is 0 Å². The lowest BCUT2D eigenvalue weighted by molar-refractivity contribution is 0.346. The van der Waals surface area contributed by atoms with Gasteiger partial charge in [0.25, 0.3) is 0 Å². The highest BCUT2D eigenvalue weighted by Crippen LogP contribution is 2.30. The molecule has 0 aliphatic carbocycles. The standard InChI is InChI=1S/C27H26N6O3S/c1-36-21-13-9-19(10-14-21)26-29-30-27-24-8-4-3-7-23(24)25(31-33(26)27)28-20-11-15-22(16-12-20)37(34,35)32-17-5-2-6-18-32/h3-4,7-16H,2,5-6,17-18H2,1H3,(H,28,31). The largest absolute Gasteiger partial charge is 0.497 e. The van der Waals surface area contributed by atoms with Crippen LogP contribution in [0.4, 0.5) is 11.5 Å². The Morgan fingerprint density at radius 3 is 2.24 bits per heavy atom. The smallest absolute Gasteiger partial charge is 0.243 e. The molecule has 5 aromatic rings. The van der Waals surface area contributed by atoms with Crippen LogP contribution in [0.25, 0.3) is 27.8 Å². The average molecular weight is 515 g/mol. The van der Waals surface area contributed by atoms with Gasteiger partial charge in [0.1, 0.15) is 5.75 Å². The number of piperidine rings is 1. The van der Waals surface area contributed by atoms with Crippen molar-refractivity contribution in [3.05, 3.63) is 72.8 Å². The van der Waals surface area contributed by atoms with Crippen LogP contribution in [0.3, 0.4) is 0 Å². The Hall–Kier alpha value is -4.02. The zero-order chi connectivity index (χ0) is 25.4. The number of methoxy groups -OCH3 is 1. The predicted molar refractivity (Wildman–Crippen MR) is 143 cm³/mol. The van der Waals surface area contributed by atoms with E-state index in [0.29, 0.717) is 35.3 Å². The van der Waals surface area contributed by atoms with E-state index in [1.54, 1.807) is 40.2 Å². The number of nitrogens with zero attached hydrogens (tertiary/aromatic N) is 5. The van der Waals surface area contributed by atoms with Crippen molar-refractivity contribution in [1.82, 2.24) is 24.1 Å². The summed E-state index contributed by atoms with van der Waals surface area (Å²) in [4.78, 5) is 0.300. The Bertz CT molecular complexity index is 1680. The third kappa shape index (κ3) is 4.28. The molecule has 0 saturated carbocycles. The summed E-state index contributed by atoms with van der Waals surface area (Å²) < 4.78 is 34.6. The van der Waals surface area contributed by atoms with E-state index >= 15 is 0 Å². The monoisotopic (exact) mass is 514 g/mol. The number of fused-ring (bicyclic) bond motifs is 3. The van der Waals surface area contributed by atoms with E-state index in [2.05, 4.69) is 15.5 Å². The molecule has 1 N–H and O–H groups in total. The van der Waals surface area contributed by atoms with Crippen molar-refractivity contribution in [2.75, 3.05) is 25.5 Å². The van der Waals surface area contributed by atoms with Gasteiger partial charge >= 0.3 is 0 Å². The summed E-state index contributed by atoms with van der Waals surface area (Å²) in [5, 5.41) is 18.8. The Balaban J connectivity index is 1.37. The van der Waals surface area contributed by atoms with Gasteiger partial charge < -0.3 is 10.1 Å². The number of ether oxygens (including phenoxy) is 1. The van der Waals surface area contributed by atoms with E-state index in [1.807, 2.05) is 48.5 Å². The number of rotatable bonds is 6. The van der Waals surface area contributed by atoms with E-state index in [0.717, 1.165) is 47.0 Å². The van der Waals surface area contributed by atoms with Crippen LogP contribution in [-0.4, -0.2) is 52.7 Å². The van der Waals surface area contributed by atoms with E-state index in [1.165, 1.54) is 0 Å². The fourth-order valence-corrected chi connectivity index (χ4v) is 6.21. The zero-order valence-corrected chi connectivity index (χ0v) is 21.1. The van der Waals surface area contributed by atoms with E-state index < -0.39 is 10.0 Å². The highest BCUT2D eigenvalue weighted by Gasteiger charge is 2.25. The number of aromatic nitrogens is 4. The molecule has 1 fully saturated rings. The quantitative estimate of drug-likeness (QED) is 0.345. The van der Waals surface area contributed by atoms with E-state index in [4.69, 9.17) is 9.84 Å². The first-order valence-corrected chi connectivity index (χ1v) is 13.6. The molecule has 0 atom stereocenters. The van der Waals surface area contributed by atoms with E-state index in [-0.39, 0.29) is 0 Å². The number of benzene rings is 3. The van der Waals surface area contributed by atoms with Crippen LogP contribution in [0.15, 0.2) is 77.7 Å². The Kier molecular flexibility index (Phi) is 5.97. The molecule has 0 unspecified atom stereocenters. The van der Waals surface area contributed by atoms with Crippen LogP contribution in [-0.2, 0) is 10.0 Å². The molecule has 3 heterocycles. The third-order valence-corrected chi connectivity index (χ3v) is 8.59. The summed E-state index contributed by atoms with van der Waals surface area (Å²) in [5.74, 6) is 1.97. The molecule has 10 heteroatoms. The molecule has 1 saturated heterocycles. The van der Waals surface area contributed by atoms with Gasteiger partial charge in [0, 0.05) is 35.1 Å². The van der Waals surface area contributed by atoms with Crippen LogP contribution in [0.5, 0.6) is 5.75 Å². The molecule has 9 nitrogen and oxygen atoms in total. The van der Waals surface area contributed by atoms with E-state index in [9.17, 15) is 8.42 Å². The SMILES string of the molecule is COc1ccc(-c2nnc3c4ccccc4c(Nc4ccc(S(=O)(=O)N5CCCCC5)cc4)nn23)cc1. The molecular formula is C27H26N6O3S. The summed E-state index contributed by atoms with van der Waals surface area (Å²) in [6.07, 6.45) is 2.89. The third-order valence-electron chi connectivity index (χ3n) is 6.68. The molecule has 0 spiro atoms. The maximum atomic E-state index is 13.0. The zero-order valence-electron chi connectivity index (χ0n) is 20.3. The lowest BCUT2D eigenvalue weighted by atomic mass is 10.1. The number of sulfonamides is 1. The number of hydrogen-bond acceptors (Lipinski definition) is 7. The summed E-state index contributed by atoms with van der Waals surface area (Å²) in [5.41, 5.74) is 2.23. The number of anilines is 2. The summed E-state index contributed by atoms with van der Waals surface area (Å²) in [6, 6.07) is 22.3. The number of hydrogen-bond donors (Lipinski definition) is 1. The molecule has 3 aromatic carbocycles. The van der Waals surface area contributed by atoms with Crippen LogP contribution in [0.1, 0.15) is 19.3 Å². The Labute approximate surface area is 214 Å². The Morgan fingerprint density at radius 1 is 0.838 bits per heavy atom. The molecule has 188 valence electrons. The molecule has 1 aliphatic heterocycles. The molecule has 0 amide bonds. The van der Waals surface area contributed by atoms with Gasteiger partial charge in [-0.15, -0.1) is 15.3 Å². The van der Waals surface area contributed by atoms with Gasteiger partial charge in [0.05, 0.1) is 12.0 Å². The summed E-state index contributed by atoms with van der Waals surface area (Å²) in [7, 11) is -1.86. The van der Waals surface area contributed by atoms with Crippen molar-refractivity contribution in [3.8, 4) is 17.1 Å². The van der Waals surface area contributed by atoms with Gasteiger partial charge in [-0.1, -0.05) is 30.7 Å². The number of nitrogens with one attached hydrogen (secondary N) is 1. The first-order chi connectivity index (χ1) is 18.0. The van der Waals surface area contributed by atoms with Crippen LogP contribution in [0, 0.1) is 0 Å². The molecule has 6 rings (SSSR count). The molecule has 2 aromatic heterocycles. The van der Waals surface area contributed by atoms with Gasteiger partial charge in [0.2, 0.25) is 10.0 Å². The second kappa shape index (κ2) is 9.45. The van der Waals surface area contributed by atoms with Gasteiger partial charge in [0.15, 0.2) is 17.3 Å². The molecular weight excluding hydrogens is 488 g/mol. The minimum Gasteiger partial charge on any atom is -0.497 e. The molecule has 0 bridgehead atoms. The first kappa shape index (κ1) is 23.4. The molecule has 0 radical (unpaired) electrons. The van der Waals surface area contributed by atoms with Crippen molar-refractivity contribution in [1.29, 1.82) is 0 Å². The summed E-state index contributed by atoms with van der Waals surface area (Å²) >= 11 is 0. The molecule has 1 aliphatic rings. The van der Waals surface area contributed by atoms with Crippen molar-refractivity contribution >= 4 is 37.9 Å². The van der Waals surface area contributed by atoms with Crippen molar-refractivity contribution in [2.45, 2.75) is 24.2 Å². The van der Waals surface area contributed by atoms with Gasteiger partial charge in [-0.3, -0.25) is 0 Å². The topological polar surface area (TPSA) is 102 Å². The highest BCUT2D eigenvalue weighted by molar-refractivity contribution is 7.89.